The Labute approximate surface area is 136 Å². The quantitative estimate of drug-likeness (QED) is 0.707. The number of carbonyl (C=O) groups excluding carboxylic acids is 1. The van der Waals surface area contributed by atoms with Gasteiger partial charge in [0, 0.05) is 21.8 Å². The zero-order valence-corrected chi connectivity index (χ0v) is 13.1. The first-order valence-corrected chi connectivity index (χ1v) is 7.49. The second kappa shape index (κ2) is 6.12. The Bertz CT molecular complexity index is 811. The van der Waals surface area contributed by atoms with Crippen molar-refractivity contribution in [2.24, 2.45) is 0 Å². The molecule has 0 atom stereocenters. The van der Waals surface area contributed by atoms with E-state index < -0.39 is 0 Å². The van der Waals surface area contributed by atoms with Gasteiger partial charge in [0.1, 0.15) is 5.75 Å². The van der Waals surface area contributed by atoms with Crippen molar-refractivity contribution in [3.05, 3.63) is 82.5 Å². The van der Waals surface area contributed by atoms with Crippen molar-refractivity contribution >= 4 is 21.7 Å². The van der Waals surface area contributed by atoms with Crippen LogP contribution in [0.4, 0.5) is 0 Å². The minimum absolute atomic E-state index is 0.0236. The molecule has 0 aliphatic rings. The third-order valence-electron chi connectivity index (χ3n) is 3.31. The molecule has 4 heteroatoms. The van der Waals surface area contributed by atoms with Crippen LogP contribution in [0.1, 0.15) is 15.9 Å². The van der Waals surface area contributed by atoms with E-state index >= 15 is 0 Å². The van der Waals surface area contributed by atoms with Crippen LogP contribution in [0.2, 0.25) is 0 Å². The highest BCUT2D eigenvalue weighted by Crippen LogP contribution is 2.22. The maximum atomic E-state index is 12.4. The zero-order chi connectivity index (χ0) is 15.5. The topological polar surface area (TPSA) is 50.2 Å². The lowest BCUT2D eigenvalue weighted by atomic mass is 10.0. The van der Waals surface area contributed by atoms with Crippen molar-refractivity contribution in [3.63, 3.8) is 0 Å². The first-order chi connectivity index (χ1) is 10.6. The van der Waals surface area contributed by atoms with Crippen molar-refractivity contribution in [2.45, 2.75) is 0 Å². The molecule has 108 valence electrons. The molecule has 0 saturated carbocycles. The van der Waals surface area contributed by atoms with Crippen LogP contribution in [0, 0.1) is 0 Å². The molecule has 0 aliphatic carbocycles. The van der Waals surface area contributed by atoms with Gasteiger partial charge in [-0.15, -0.1) is 0 Å². The summed E-state index contributed by atoms with van der Waals surface area (Å²) in [4.78, 5) is 16.7. The van der Waals surface area contributed by atoms with E-state index in [1.54, 1.807) is 30.3 Å². The van der Waals surface area contributed by atoms with Crippen molar-refractivity contribution in [3.8, 4) is 17.0 Å². The number of halogens is 1. The Balaban J connectivity index is 1.90. The molecule has 0 fully saturated rings. The van der Waals surface area contributed by atoms with Crippen LogP contribution in [-0.2, 0) is 0 Å². The van der Waals surface area contributed by atoms with Crippen LogP contribution in [-0.4, -0.2) is 15.9 Å². The predicted molar refractivity (Wildman–Crippen MR) is 88.9 cm³/mol. The molecule has 3 rings (SSSR count). The Morgan fingerprint density at radius 2 is 1.68 bits per heavy atom. The number of para-hydroxylation sites is 1. The molecule has 0 aliphatic heterocycles. The van der Waals surface area contributed by atoms with Crippen molar-refractivity contribution in [1.82, 2.24) is 4.98 Å². The molecular weight excluding hydrogens is 342 g/mol. The fraction of sp³-hybridized carbons (Fsp3) is 0. The average molecular weight is 354 g/mol. The van der Waals surface area contributed by atoms with E-state index in [2.05, 4.69) is 20.9 Å². The lowest BCUT2D eigenvalue weighted by Gasteiger charge is -2.05. The number of hydrogen-bond acceptors (Lipinski definition) is 3. The first-order valence-electron chi connectivity index (χ1n) is 6.70. The van der Waals surface area contributed by atoms with E-state index in [4.69, 9.17) is 0 Å². The standard InChI is InChI=1S/C18H12BrNO2/c19-14-8-5-12(6-9-14)16-10-7-13(11-20-16)18(22)15-3-1-2-4-17(15)21/h1-11,21H. The highest BCUT2D eigenvalue weighted by molar-refractivity contribution is 9.10. The molecule has 1 N–H and O–H groups in total. The van der Waals surface area contributed by atoms with E-state index in [1.165, 1.54) is 12.3 Å². The van der Waals surface area contributed by atoms with E-state index in [0.29, 0.717) is 5.56 Å². The first kappa shape index (κ1) is 14.5. The second-order valence-corrected chi connectivity index (χ2v) is 5.70. The van der Waals surface area contributed by atoms with Gasteiger partial charge in [-0.2, -0.15) is 0 Å². The Kier molecular flexibility index (Phi) is 4.02. The number of aromatic nitrogens is 1. The molecular formula is C18H12BrNO2. The average Bonchev–Trinajstić information content (AvgIpc) is 2.56. The third kappa shape index (κ3) is 2.92. The molecule has 2 aromatic carbocycles. The summed E-state index contributed by atoms with van der Waals surface area (Å²) in [5.41, 5.74) is 2.49. The predicted octanol–water partition coefficient (Wildman–Crippen LogP) is 4.45. The Morgan fingerprint density at radius 3 is 2.32 bits per heavy atom. The minimum Gasteiger partial charge on any atom is -0.507 e. The molecule has 0 spiro atoms. The summed E-state index contributed by atoms with van der Waals surface area (Å²) < 4.78 is 1.00. The van der Waals surface area contributed by atoms with Crippen LogP contribution in [0.15, 0.2) is 71.3 Å². The van der Waals surface area contributed by atoms with Gasteiger partial charge in [0.05, 0.1) is 11.3 Å². The van der Waals surface area contributed by atoms with E-state index in [1.807, 2.05) is 24.3 Å². The van der Waals surface area contributed by atoms with Gasteiger partial charge >= 0.3 is 0 Å². The van der Waals surface area contributed by atoms with Gasteiger partial charge in [0.15, 0.2) is 5.78 Å². The van der Waals surface area contributed by atoms with Gasteiger partial charge in [-0.1, -0.05) is 40.2 Å². The molecule has 1 heterocycles. The third-order valence-corrected chi connectivity index (χ3v) is 3.84. The van der Waals surface area contributed by atoms with Crippen LogP contribution < -0.4 is 0 Å². The molecule has 0 saturated heterocycles. The summed E-state index contributed by atoms with van der Waals surface area (Å²) in [6, 6.07) is 17.8. The second-order valence-electron chi connectivity index (χ2n) is 4.79. The number of phenols is 1. The molecule has 3 nitrogen and oxygen atoms in total. The van der Waals surface area contributed by atoms with E-state index in [9.17, 15) is 9.90 Å². The van der Waals surface area contributed by atoms with E-state index in [0.717, 1.165) is 15.7 Å². The molecule has 0 bridgehead atoms. The summed E-state index contributed by atoms with van der Waals surface area (Å²) in [6.07, 6.45) is 1.53. The number of nitrogens with zero attached hydrogens (tertiary/aromatic N) is 1. The van der Waals surface area contributed by atoms with Crippen LogP contribution in [0.25, 0.3) is 11.3 Å². The fourth-order valence-corrected chi connectivity index (χ4v) is 2.41. The molecule has 0 amide bonds. The molecule has 0 unspecified atom stereocenters. The Hall–Kier alpha value is -2.46. The summed E-state index contributed by atoms with van der Waals surface area (Å²) in [5.74, 6) is -0.266. The summed E-state index contributed by atoms with van der Waals surface area (Å²) in [7, 11) is 0. The fourth-order valence-electron chi connectivity index (χ4n) is 2.14. The highest BCUT2D eigenvalue weighted by Gasteiger charge is 2.13. The molecule has 3 aromatic rings. The number of aromatic hydroxyl groups is 1. The van der Waals surface area contributed by atoms with Gasteiger partial charge < -0.3 is 5.11 Å². The molecule has 1 aromatic heterocycles. The van der Waals surface area contributed by atoms with E-state index in [-0.39, 0.29) is 17.1 Å². The largest absolute Gasteiger partial charge is 0.507 e. The van der Waals surface area contributed by atoms with Gasteiger partial charge in [0.25, 0.3) is 0 Å². The maximum absolute atomic E-state index is 12.4. The number of rotatable bonds is 3. The van der Waals surface area contributed by atoms with Gasteiger partial charge in [0.2, 0.25) is 0 Å². The lowest BCUT2D eigenvalue weighted by Crippen LogP contribution is -2.02. The number of hydrogen-bond donors (Lipinski definition) is 1. The highest BCUT2D eigenvalue weighted by atomic mass is 79.9. The Morgan fingerprint density at radius 1 is 0.955 bits per heavy atom. The van der Waals surface area contributed by atoms with Crippen LogP contribution in [0.5, 0.6) is 5.75 Å². The van der Waals surface area contributed by atoms with Crippen LogP contribution >= 0.6 is 15.9 Å². The number of benzene rings is 2. The number of carbonyl (C=O) groups is 1. The van der Waals surface area contributed by atoms with Crippen molar-refractivity contribution in [1.29, 1.82) is 0 Å². The monoisotopic (exact) mass is 353 g/mol. The normalized spacial score (nSPS) is 10.4. The smallest absolute Gasteiger partial charge is 0.198 e. The number of ketones is 1. The SMILES string of the molecule is O=C(c1ccc(-c2ccc(Br)cc2)nc1)c1ccccc1O. The summed E-state index contributed by atoms with van der Waals surface area (Å²) >= 11 is 3.39. The maximum Gasteiger partial charge on any atom is 0.198 e. The lowest BCUT2D eigenvalue weighted by molar-refractivity contribution is 0.103. The zero-order valence-electron chi connectivity index (χ0n) is 11.5. The summed E-state index contributed by atoms with van der Waals surface area (Å²) in [6.45, 7) is 0. The van der Waals surface area contributed by atoms with Gasteiger partial charge in [-0.25, -0.2) is 0 Å². The van der Waals surface area contributed by atoms with Crippen molar-refractivity contribution < 1.29 is 9.90 Å². The summed E-state index contributed by atoms with van der Waals surface area (Å²) in [5, 5.41) is 9.76. The van der Waals surface area contributed by atoms with Crippen LogP contribution in [0.3, 0.4) is 0 Å². The van der Waals surface area contributed by atoms with Gasteiger partial charge in [-0.05, 0) is 36.4 Å². The van der Waals surface area contributed by atoms with Crippen molar-refractivity contribution in [2.75, 3.05) is 0 Å². The number of pyridine rings is 1. The molecule has 0 radical (unpaired) electrons. The molecule has 22 heavy (non-hydrogen) atoms. The number of phenolic OH excluding ortho intramolecular Hbond substituents is 1. The van der Waals surface area contributed by atoms with Gasteiger partial charge in [-0.3, -0.25) is 9.78 Å². The minimum atomic E-state index is -0.243.